The van der Waals surface area contributed by atoms with Crippen molar-refractivity contribution in [3.05, 3.63) is 29.8 Å². The number of aliphatic hydroxyl groups is 1. The van der Waals surface area contributed by atoms with E-state index >= 15 is 0 Å². The van der Waals surface area contributed by atoms with Gasteiger partial charge < -0.3 is 9.84 Å². The van der Waals surface area contributed by atoms with Gasteiger partial charge in [0.15, 0.2) is 0 Å². The number of ether oxygens (including phenoxy) is 1. The highest BCUT2D eigenvalue weighted by molar-refractivity contribution is 5.31. The summed E-state index contributed by atoms with van der Waals surface area (Å²) in [5, 5.41) is 20.5. The first-order valence-electron chi connectivity index (χ1n) is 7.97. The highest BCUT2D eigenvalue weighted by Gasteiger charge is 2.42. The molecule has 1 saturated carbocycles. The van der Waals surface area contributed by atoms with Crippen LogP contribution in [0.1, 0.15) is 57.6 Å². The molecule has 1 aliphatic carbocycles. The van der Waals surface area contributed by atoms with E-state index in [-0.39, 0.29) is 0 Å². The van der Waals surface area contributed by atoms with Crippen LogP contribution in [0.3, 0.4) is 0 Å². The fraction of sp³-hybridized carbons (Fsp3) is 0.611. The van der Waals surface area contributed by atoms with Crippen molar-refractivity contribution in [1.82, 2.24) is 0 Å². The molecule has 0 heterocycles. The molecule has 1 fully saturated rings. The Kier molecular flexibility index (Phi) is 5.25. The Hall–Kier alpha value is -1.53. The van der Waals surface area contributed by atoms with Crippen LogP contribution in [-0.2, 0) is 0 Å². The lowest BCUT2D eigenvalue weighted by molar-refractivity contribution is 0.0185. The number of aliphatic hydroxyl groups excluding tert-OH is 1. The van der Waals surface area contributed by atoms with E-state index in [0.717, 1.165) is 37.0 Å². The monoisotopic (exact) mass is 287 g/mol. The second kappa shape index (κ2) is 6.95. The van der Waals surface area contributed by atoms with E-state index < -0.39 is 11.5 Å². The van der Waals surface area contributed by atoms with E-state index in [1.165, 1.54) is 6.42 Å². The van der Waals surface area contributed by atoms with Gasteiger partial charge in [-0.1, -0.05) is 38.3 Å². The number of nitriles is 1. The quantitative estimate of drug-likeness (QED) is 0.881. The molecule has 3 unspecified atom stereocenters. The van der Waals surface area contributed by atoms with Crippen LogP contribution < -0.4 is 4.74 Å². The van der Waals surface area contributed by atoms with Crippen molar-refractivity contribution in [3.63, 3.8) is 0 Å². The molecule has 3 atom stereocenters. The molecule has 114 valence electrons. The average Bonchev–Trinajstić information content (AvgIpc) is 2.55. The molecular weight excluding hydrogens is 262 g/mol. The number of rotatable bonds is 5. The molecule has 1 aromatic rings. The van der Waals surface area contributed by atoms with Crippen molar-refractivity contribution in [2.24, 2.45) is 11.3 Å². The van der Waals surface area contributed by atoms with Gasteiger partial charge in [-0.05, 0) is 43.4 Å². The summed E-state index contributed by atoms with van der Waals surface area (Å²) in [6.45, 7) is 4.74. The Labute approximate surface area is 127 Å². The van der Waals surface area contributed by atoms with Crippen LogP contribution in [0.15, 0.2) is 24.3 Å². The summed E-state index contributed by atoms with van der Waals surface area (Å²) >= 11 is 0. The van der Waals surface area contributed by atoms with Gasteiger partial charge in [0, 0.05) is 0 Å². The fourth-order valence-electron chi connectivity index (χ4n) is 3.42. The first-order valence-corrected chi connectivity index (χ1v) is 7.97. The largest absolute Gasteiger partial charge is 0.494 e. The third-order valence-electron chi connectivity index (χ3n) is 4.72. The Morgan fingerprint density at radius 2 is 2.10 bits per heavy atom. The molecule has 3 heteroatoms. The van der Waals surface area contributed by atoms with E-state index in [0.29, 0.717) is 12.5 Å². The van der Waals surface area contributed by atoms with Crippen molar-refractivity contribution in [1.29, 1.82) is 5.26 Å². The highest BCUT2D eigenvalue weighted by Crippen LogP contribution is 2.48. The van der Waals surface area contributed by atoms with E-state index in [4.69, 9.17) is 4.74 Å². The molecule has 1 N–H and O–H groups in total. The molecule has 2 rings (SSSR count). The maximum absolute atomic E-state index is 10.8. The maximum Gasteiger partial charge on any atom is 0.119 e. The Morgan fingerprint density at radius 1 is 1.38 bits per heavy atom. The van der Waals surface area contributed by atoms with Gasteiger partial charge in [-0.2, -0.15) is 5.26 Å². The van der Waals surface area contributed by atoms with Crippen LogP contribution in [0.2, 0.25) is 0 Å². The number of nitrogens with zero attached hydrogens (tertiary/aromatic N) is 1. The molecule has 0 saturated heterocycles. The van der Waals surface area contributed by atoms with Gasteiger partial charge in [0.05, 0.1) is 24.2 Å². The van der Waals surface area contributed by atoms with Gasteiger partial charge in [-0.3, -0.25) is 0 Å². The smallest absolute Gasteiger partial charge is 0.119 e. The van der Waals surface area contributed by atoms with Crippen molar-refractivity contribution < 1.29 is 9.84 Å². The Bertz CT molecular complexity index is 491. The van der Waals surface area contributed by atoms with Crippen LogP contribution in [0, 0.1) is 22.7 Å². The Morgan fingerprint density at radius 3 is 2.67 bits per heavy atom. The van der Waals surface area contributed by atoms with E-state index in [1.54, 1.807) is 0 Å². The van der Waals surface area contributed by atoms with Crippen LogP contribution in [0.4, 0.5) is 0 Å². The number of benzene rings is 1. The zero-order valence-corrected chi connectivity index (χ0v) is 13.0. The maximum atomic E-state index is 10.8. The van der Waals surface area contributed by atoms with Gasteiger partial charge in [-0.15, -0.1) is 0 Å². The SMILES string of the molecule is CCOc1ccc(C(O)C2(C#N)CCCC(CC)C2)cc1. The van der Waals surface area contributed by atoms with Crippen molar-refractivity contribution in [2.45, 2.75) is 52.1 Å². The van der Waals surface area contributed by atoms with Crippen LogP contribution in [-0.4, -0.2) is 11.7 Å². The first kappa shape index (κ1) is 15.9. The van der Waals surface area contributed by atoms with Gasteiger partial charge in [0.2, 0.25) is 0 Å². The standard InChI is InChI=1S/C18H25NO2/c1-3-14-6-5-11-18(12-14,13-19)17(20)15-7-9-16(10-8-15)21-4-2/h7-10,14,17,20H,3-6,11-12H2,1-2H3. The highest BCUT2D eigenvalue weighted by atomic mass is 16.5. The summed E-state index contributed by atoms with van der Waals surface area (Å²) in [6, 6.07) is 9.93. The zero-order valence-electron chi connectivity index (χ0n) is 13.0. The topological polar surface area (TPSA) is 53.2 Å². The fourth-order valence-corrected chi connectivity index (χ4v) is 3.42. The minimum atomic E-state index is -0.715. The predicted octanol–water partition coefficient (Wildman–Crippen LogP) is 4.23. The van der Waals surface area contributed by atoms with Crippen molar-refractivity contribution >= 4 is 0 Å². The molecule has 0 spiro atoms. The van der Waals surface area contributed by atoms with Crippen molar-refractivity contribution in [3.8, 4) is 11.8 Å². The molecule has 0 bridgehead atoms. The molecular formula is C18H25NO2. The van der Waals surface area contributed by atoms with Gasteiger partial charge in [0.1, 0.15) is 5.75 Å². The molecule has 1 aromatic carbocycles. The van der Waals surface area contributed by atoms with Crippen LogP contribution in [0.5, 0.6) is 5.75 Å². The molecule has 3 nitrogen and oxygen atoms in total. The van der Waals surface area contributed by atoms with Gasteiger partial charge in [0.25, 0.3) is 0 Å². The van der Waals surface area contributed by atoms with Gasteiger partial charge >= 0.3 is 0 Å². The predicted molar refractivity (Wildman–Crippen MR) is 82.9 cm³/mol. The summed E-state index contributed by atoms with van der Waals surface area (Å²) in [7, 11) is 0. The van der Waals surface area contributed by atoms with Crippen molar-refractivity contribution in [2.75, 3.05) is 6.61 Å². The second-order valence-corrected chi connectivity index (χ2v) is 6.04. The van der Waals surface area contributed by atoms with E-state index in [2.05, 4.69) is 13.0 Å². The molecule has 0 radical (unpaired) electrons. The zero-order chi connectivity index (χ0) is 15.3. The second-order valence-electron chi connectivity index (χ2n) is 6.04. The first-order chi connectivity index (χ1) is 10.1. The third kappa shape index (κ3) is 3.39. The third-order valence-corrected chi connectivity index (χ3v) is 4.72. The number of hydrogen-bond acceptors (Lipinski definition) is 3. The molecule has 21 heavy (non-hydrogen) atoms. The van der Waals surface area contributed by atoms with Crippen LogP contribution >= 0.6 is 0 Å². The summed E-state index contributed by atoms with van der Waals surface area (Å²) in [4.78, 5) is 0. The summed E-state index contributed by atoms with van der Waals surface area (Å²) in [5.41, 5.74) is 0.184. The number of hydrogen-bond donors (Lipinski definition) is 1. The minimum absolute atomic E-state index is 0.552. The normalized spacial score (nSPS) is 26.9. The van der Waals surface area contributed by atoms with Gasteiger partial charge in [-0.25, -0.2) is 0 Å². The summed E-state index contributed by atoms with van der Waals surface area (Å²) < 4.78 is 5.43. The van der Waals surface area contributed by atoms with E-state index in [9.17, 15) is 10.4 Å². The molecule has 1 aliphatic rings. The lowest BCUT2D eigenvalue weighted by Crippen LogP contribution is -2.33. The molecule has 0 amide bonds. The Balaban J connectivity index is 2.19. The summed E-state index contributed by atoms with van der Waals surface area (Å²) in [6.07, 6.45) is 4.16. The minimum Gasteiger partial charge on any atom is -0.494 e. The lowest BCUT2D eigenvalue weighted by atomic mass is 9.65. The summed E-state index contributed by atoms with van der Waals surface area (Å²) in [5.74, 6) is 1.35. The van der Waals surface area contributed by atoms with E-state index in [1.807, 2.05) is 31.2 Å². The average molecular weight is 287 g/mol. The molecule has 0 aliphatic heterocycles. The molecule has 0 aromatic heterocycles. The lowest BCUT2D eigenvalue weighted by Gasteiger charge is -2.39. The van der Waals surface area contributed by atoms with Crippen LogP contribution in [0.25, 0.3) is 0 Å².